The van der Waals surface area contributed by atoms with Gasteiger partial charge in [0.05, 0.1) is 18.2 Å². The average Bonchev–Trinajstić information content (AvgIpc) is 2.76. The van der Waals surface area contributed by atoms with Gasteiger partial charge >= 0.3 is 0 Å². The van der Waals surface area contributed by atoms with Crippen LogP contribution in [0.1, 0.15) is 17.5 Å². The van der Waals surface area contributed by atoms with E-state index >= 15 is 0 Å². The Bertz CT molecular complexity index is 923. The highest BCUT2D eigenvalue weighted by Crippen LogP contribution is 2.22. The first-order chi connectivity index (χ1) is 14.1. The van der Waals surface area contributed by atoms with Crippen LogP contribution in [0.4, 0.5) is 5.69 Å². The Kier molecular flexibility index (Phi) is 8.36. The number of rotatable bonds is 9. The van der Waals surface area contributed by atoms with Crippen LogP contribution in [-0.2, 0) is 9.59 Å². The van der Waals surface area contributed by atoms with Crippen molar-refractivity contribution in [2.75, 3.05) is 25.1 Å². The second kappa shape index (κ2) is 11.2. The lowest BCUT2D eigenvalue weighted by molar-refractivity contribution is -0.114. The van der Waals surface area contributed by atoms with Crippen molar-refractivity contribution in [1.82, 2.24) is 0 Å². The fourth-order valence-corrected chi connectivity index (χ4v) is 2.51. The van der Waals surface area contributed by atoms with E-state index in [4.69, 9.17) is 10.5 Å². The second-order valence-corrected chi connectivity index (χ2v) is 6.17. The predicted molar refractivity (Wildman–Crippen MR) is 114 cm³/mol. The number of anilines is 1. The Hall–Kier alpha value is -3.69. The third-order valence-corrected chi connectivity index (χ3v) is 4.14. The maximum absolute atomic E-state index is 11.9. The van der Waals surface area contributed by atoms with Crippen LogP contribution in [0.2, 0.25) is 0 Å². The summed E-state index contributed by atoms with van der Waals surface area (Å²) in [6, 6.07) is 16.7. The Morgan fingerprint density at radius 3 is 2.45 bits per heavy atom. The first-order valence-electron chi connectivity index (χ1n) is 9.13. The number of carbonyl (C=O) groups excluding carboxylic acids is 2. The van der Waals surface area contributed by atoms with Gasteiger partial charge in [0.15, 0.2) is 0 Å². The minimum absolute atomic E-state index is 0.310. The smallest absolute Gasteiger partial charge is 0.250 e. The van der Waals surface area contributed by atoms with E-state index in [2.05, 4.69) is 6.07 Å². The van der Waals surface area contributed by atoms with E-state index in [0.29, 0.717) is 30.7 Å². The summed E-state index contributed by atoms with van der Waals surface area (Å²) in [5.41, 5.74) is 8.23. The number of hydrogen-bond acceptors (Lipinski definition) is 5. The number of amides is 1. The molecule has 0 unspecified atom stereocenters. The highest BCUT2D eigenvalue weighted by Gasteiger charge is 2.08. The zero-order valence-electron chi connectivity index (χ0n) is 16.2. The number of likely N-dealkylation sites (N-methyl/N-ethyl adjacent to an activating group) is 1. The molecule has 0 radical (unpaired) electrons. The van der Waals surface area contributed by atoms with Gasteiger partial charge < -0.3 is 15.4 Å². The molecule has 0 aliphatic carbocycles. The third kappa shape index (κ3) is 6.45. The van der Waals surface area contributed by atoms with Crippen LogP contribution in [0.15, 0.2) is 60.7 Å². The highest BCUT2D eigenvalue weighted by molar-refractivity contribution is 6.02. The van der Waals surface area contributed by atoms with Crippen molar-refractivity contribution < 1.29 is 14.3 Å². The molecule has 2 N–H and O–H groups in total. The van der Waals surface area contributed by atoms with E-state index < -0.39 is 0 Å². The lowest BCUT2D eigenvalue weighted by Gasteiger charge is -2.15. The molecule has 6 heteroatoms. The van der Waals surface area contributed by atoms with Gasteiger partial charge in [0, 0.05) is 18.8 Å². The Morgan fingerprint density at radius 1 is 1.17 bits per heavy atom. The predicted octanol–water partition coefficient (Wildman–Crippen LogP) is 3.20. The standard InChI is InChI=1S/C23H23N3O3/c1-26(23(28)4-2-14-27)21-9-7-19(8-10-21)20(17-25)16-18-5-11-22(12-6-18)29-15-3-13-24/h2,4-12,14,16H,3,13,15,24H2,1H3/b4-2-,20-16+. The van der Waals surface area contributed by atoms with Crippen LogP contribution in [0.3, 0.4) is 0 Å². The van der Waals surface area contributed by atoms with Gasteiger partial charge in [-0.3, -0.25) is 9.59 Å². The van der Waals surface area contributed by atoms with Gasteiger partial charge in [0.1, 0.15) is 12.0 Å². The highest BCUT2D eigenvalue weighted by atomic mass is 16.5. The Morgan fingerprint density at radius 2 is 1.86 bits per heavy atom. The number of allylic oxidation sites excluding steroid dienone is 2. The number of nitrogens with two attached hydrogens (primary N) is 1. The molecule has 0 fully saturated rings. The van der Waals surface area contributed by atoms with Gasteiger partial charge in [-0.25, -0.2) is 0 Å². The van der Waals surface area contributed by atoms with Crippen molar-refractivity contribution in [2.45, 2.75) is 6.42 Å². The third-order valence-electron chi connectivity index (χ3n) is 4.14. The number of benzene rings is 2. The summed E-state index contributed by atoms with van der Waals surface area (Å²) in [6.07, 6.45) is 5.49. The van der Waals surface area contributed by atoms with Crippen molar-refractivity contribution in [3.05, 3.63) is 71.8 Å². The van der Waals surface area contributed by atoms with Gasteiger partial charge in [-0.15, -0.1) is 0 Å². The lowest BCUT2D eigenvalue weighted by Crippen LogP contribution is -2.23. The van der Waals surface area contributed by atoms with Crippen LogP contribution in [-0.4, -0.2) is 32.4 Å². The van der Waals surface area contributed by atoms with E-state index in [9.17, 15) is 14.9 Å². The molecule has 2 aromatic carbocycles. The SMILES string of the molecule is CN(C(=O)/C=C\C=O)c1ccc(/C(C#N)=C/c2ccc(OCCCN)cc2)cc1. The molecule has 0 spiro atoms. The van der Waals surface area contributed by atoms with Gasteiger partial charge in [0.2, 0.25) is 0 Å². The molecular weight excluding hydrogens is 366 g/mol. The Balaban J connectivity index is 2.13. The van der Waals surface area contributed by atoms with Crippen molar-refractivity contribution in [2.24, 2.45) is 5.73 Å². The molecular formula is C23H23N3O3. The van der Waals surface area contributed by atoms with E-state index in [1.807, 2.05) is 24.3 Å². The molecule has 29 heavy (non-hydrogen) atoms. The summed E-state index contributed by atoms with van der Waals surface area (Å²) in [5, 5.41) is 9.54. The number of ether oxygens (including phenoxy) is 1. The largest absolute Gasteiger partial charge is 0.494 e. The fraction of sp³-hybridized carbons (Fsp3) is 0.174. The van der Waals surface area contributed by atoms with Crippen molar-refractivity contribution in [3.63, 3.8) is 0 Å². The monoisotopic (exact) mass is 389 g/mol. The van der Waals surface area contributed by atoms with E-state index in [1.165, 1.54) is 11.0 Å². The zero-order valence-corrected chi connectivity index (χ0v) is 16.2. The number of nitrogens with zero attached hydrogens (tertiary/aromatic N) is 2. The van der Waals surface area contributed by atoms with Gasteiger partial charge in [-0.2, -0.15) is 5.26 Å². The molecule has 0 saturated heterocycles. The molecule has 2 aromatic rings. The number of hydrogen-bond donors (Lipinski definition) is 1. The molecule has 0 aliphatic rings. The minimum atomic E-state index is -0.310. The summed E-state index contributed by atoms with van der Waals surface area (Å²) in [5.74, 6) is 0.449. The van der Waals surface area contributed by atoms with E-state index in [-0.39, 0.29) is 5.91 Å². The summed E-state index contributed by atoms with van der Waals surface area (Å²) in [6.45, 7) is 1.16. The van der Waals surface area contributed by atoms with Crippen molar-refractivity contribution in [3.8, 4) is 11.8 Å². The average molecular weight is 389 g/mol. The quantitative estimate of drug-likeness (QED) is 0.234. The second-order valence-electron chi connectivity index (χ2n) is 6.17. The topological polar surface area (TPSA) is 96.4 Å². The first kappa shape index (κ1) is 21.6. The van der Waals surface area contributed by atoms with Crippen LogP contribution in [0, 0.1) is 11.3 Å². The molecule has 1 amide bonds. The lowest BCUT2D eigenvalue weighted by atomic mass is 10.0. The maximum Gasteiger partial charge on any atom is 0.250 e. The molecule has 6 nitrogen and oxygen atoms in total. The Labute approximate surface area is 170 Å². The molecule has 0 heterocycles. The molecule has 0 saturated carbocycles. The van der Waals surface area contributed by atoms with Crippen LogP contribution in [0.25, 0.3) is 11.6 Å². The molecule has 0 bridgehead atoms. The number of nitriles is 1. The molecule has 2 rings (SSSR count). The summed E-state index contributed by atoms with van der Waals surface area (Å²) in [7, 11) is 1.62. The van der Waals surface area contributed by atoms with Gasteiger partial charge in [0.25, 0.3) is 5.91 Å². The van der Waals surface area contributed by atoms with Crippen LogP contribution >= 0.6 is 0 Å². The molecule has 0 aliphatic heterocycles. The normalized spacial score (nSPS) is 11.1. The minimum Gasteiger partial charge on any atom is -0.494 e. The number of carbonyl (C=O) groups is 2. The first-order valence-corrected chi connectivity index (χ1v) is 9.13. The molecule has 0 atom stereocenters. The van der Waals surface area contributed by atoms with Gasteiger partial charge in [-0.05, 0) is 60.5 Å². The zero-order chi connectivity index (χ0) is 21.1. The van der Waals surface area contributed by atoms with Crippen LogP contribution in [0.5, 0.6) is 5.75 Å². The summed E-state index contributed by atoms with van der Waals surface area (Å²) >= 11 is 0. The molecule has 0 aromatic heterocycles. The molecule has 148 valence electrons. The number of aldehydes is 1. The summed E-state index contributed by atoms with van der Waals surface area (Å²) in [4.78, 5) is 23.7. The maximum atomic E-state index is 11.9. The van der Waals surface area contributed by atoms with Crippen molar-refractivity contribution >= 4 is 29.5 Å². The van der Waals surface area contributed by atoms with E-state index in [1.54, 1.807) is 37.4 Å². The van der Waals surface area contributed by atoms with E-state index in [0.717, 1.165) is 29.4 Å². The fourth-order valence-electron chi connectivity index (χ4n) is 2.51. The van der Waals surface area contributed by atoms with Crippen molar-refractivity contribution in [1.29, 1.82) is 5.26 Å². The summed E-state index contributed by atoms with van der Waals surface area (Å²) < 4.78 is 5.57. The van der Waals surface area contributed by atoms with Crippen LogP contribution < -0.4 is 15.4 Å². The van der Waals surface area contributed by atoms with Gasteiger partial charge in [-0.1, -0.05) is 24.3 Å².